The molecule has 0 saturated carbocycles. The summed E-state index contributed by atoms with van der Waals surface area (Å²) in [4.78, 5) is 11.8. The van der Waals surface area contributed by atoms with Crippen LogP contribution in [0.5, 0.6) is 0 Å². The molecule has 4 nitrogen and oxygen atoms in total. The third-order valence-electron chi connectivity index (χ3n) is 2.84. The topological polar surface area (TPSA) is 47.6 Å². The molecule has 4 heteroatoms. The molecule has 1 aliphatic rings. The molecule has 1 heterocycles. The first-order valence-electron chi connectivity index (χ1n) is 6.34. The number of hydrogen-bond acceptors (Lipinski definition) is 3. The van der Waals surface area contributed by atoms with Crippen LogP contribution in [-0.4, -0.2) is 32.0 Å². The zero-order valence-corrected chi connectivity index (χ0v) is 10.6. The standard InChI is InChI=1S/C14H19NO3/c1-11-4-2-5-12(10-11)14(16)15-7-6-13-17-8-3-9-18-13/h2,4-5,10,13H,3,6-9H2,1H3,(H,15,16). The predicted molar refractivity (Wildman–Crippen MR) is 68.4 cm³/mol. The average Bonchev–Trinajstić information content (AvgIpc) is 2.40. The Morgan fingerprint density at radius 3 is 2.89 bits per heavy atom. The zero-order chi connectivity index (χ0) is 12.8. The fourth-order valence-corrected chi connectivity index (χ4v) is 1.90. The quantitative estimate of drug-likeness (QED) is 0.886. The summed E-state index contributed by atoms with van der Waals surface area (Å²) in [7, 11) is 0. The molecule has 18 heavy (non-hydrogen) atoms. The average molecular weight is 249 g/mol. The van der Waals surface area contributed by atoms with Crippen molar-refractivity contribution in [3.05, 3.63) is 35.4 Å². The first-order valence-corrected chi connectivity index (χ1v) is 6.34. The number of aryl methyl sites for hydroxylation is 1. The van der Waals surface area contributed by atoms with Gasteiger partial charge in [0.05, 0.1) is 13.2 Å². The van der Waals surface area contributed by atoms with Crippen molar-refractivity contribution in [2.45, 2.75) is 26.1 Å². The van der Waals surface area contributed by atoms with Crippen molar-refractivity contribution in [3.8, 4) is 0 Å². The lowest BCUT2D eigenvalue weighted by Gasteiger charge is -2.23. The normalized spacial score (nSPS) is 16.5. The largest absolute Gasteiger partial charge is 0.353 e. The number of carbonyl (C=O) groups excluding carboxylic acids is 1. The predicted octanol–water partition coefficient (Wildman–Crippen LogP) is 1.88. The summed E-state index contributed by atoms with van der Waals surface area (Å²) in [6.45, 7) is 4.03. The Bertz CT molecular complexity index is 400. The molecule has 2 rings (SSSR count). The maximum Gasteiger partial charge on any atom is 0.251 e. The van der Waals surface area contributed by atoms with Gasteiger partial charge in [-0.15, -0.1) is 0 Å². The molecule has 1 amide bonds. The molecular weight excluding hydrogens is 230 g/mol. The lowest BCUT2D eigenvalue weighted by molar-refractivity contribution is -0.180. The van der Waals surface area contributed by atoms with E-state index in [4.69, 9.17) is 9.47 Å². The highest BCUT2D eigenvalue weighted by molar-refractivity contribution is 5.94. The highest BCUT2D eigenvalue weighted by atomic mass is 16.7. The van der Waals surface area contributed by atoms with Crippen LogP contribution in [0, 0.1) is 6.92 Å². The van der Waals surface area contributed by atoms with E-state index in [1.807, 2.05) is 31.2 Å². The second kappa shape index (κ2) is 6.52. The molecular formula is C14H19NO3. The lowest BCUT2D eigenvalue weighted by atomic mass is 10.1. The van der Waals surface area contributed by atoms with Gasteiger partial charge in [-0.2, -0.15) is 0 Å². The number of ether oxygens (including phenoxy) is 2. The van der Waals surface area contributed by atoms with Crippen molar-refractivity contribution in [3.63, 3.8) is 0 Å². The SMILES string of the molecule is Cc1cccc(C(=O)NCCC2OCCCO2)c1. The summed E-state index contributed by atoms with van der Waals surface area (Å²) in [5.41, 5.74) is 1.78. The van der Waals surface area contributed by atoms with E-state index in [0.29, 0.717) is 18.5 Å². The van der Waals surface area contributed by atoms with Crippen molar-refractivity contribution in [1.29, 1.82) is 0 Å². The highest BCUT2D eigenvalue weighted by Crippen LogP contribution is 2.08. The first kappa shape index (κ1) is 13.1. The number of nitrogens with one attached hydrogen (secondary N) is 1. The molecule has 0 aromatic heterocycles. The Kier molecular flexibility index (Phi) is 4.73. The van der Waals surface area contributed by atoms with Crippen molar-refractivity contribution >= 4 is 5.91 Å². The Hall–Kier alpha value is -1.39. The van der Waals surface area contributed by atoms with Crippen molar-refractivity contribution in [2.75, 3.05) is 19.8 Å². The second-order valence-corrected chi connectivity index (χ2v) is 4.44. The summed E-state index contributed by atoms with van der Waals surface area (Å²) in [6, 6.07) is 7.55. The van der Waals surface area contributed by atoms with Crippen LogP contribution in [0.1, 0.15) is 28.8 Å². The lowest BCUT2D eigenvalue weighted by Crippen LogP contribution is -2.31. The van der Waals surface area contributed by atoms with Gasteiger partial charge in [-0.3, -0.25) is 4.79 Å². The van der Waals surface area contributed by atoms with Crippen LogP contribution in [0.3, 0.4) is 0 Å². The molecule has 0 bridgehead atoms. The van der Waals surface area contributed by atoms with Gasteiger partial charge in [0, 0.05) is 18.5 Å². The third-order valence-corrected chi connectivity index (χ3v) is 2.84. The van der Waals surface area contributed by atoms with Crippen LogP contribution in [0.4, 0.5) is 0 Å². The summed E-state index contributed by atoms with van der Waals surface area (Å²) < 4.78 is 10.8. The van der Waals surface area contributed by atoms with Gasteiger partial charge in [0.15, 0.2) is 6.29 Å². The van der Waals surface area contributed by atoms with Crippen LogP contribution in [-0.2, 0) is 9.47 Å². The van der Waals surface area contributed by atoms with Crippen molar-refractivity contribution < 1.29 is 14.3 Å². The molecule has 0 radical (unpaired) electrons. The highest BCUT2D eigenvalue weighted by Gasteiger charge is 2.14. The summed E-state index contributed by atoms with van der Waals surface area (Å²) in [5, 5.41) is 2.87. The zero-order valence-electron chi connectivity index (χ0n) is 10.6. The molecule has 1 N–H and O–H groups in total. The summed E-state index contributed by atoms with van der Waals surface area (Å²) in [6.07, 6.45) is 1.47. The molecule has 1 aromatic rings. The van der Waals surface area contributed by atoms with Crippen LogP contribution in [0.2, 0.25) is 0 Å². The first-order chi connectivity index (χ1) is 8.75. The summed E-state index contributed by atoms with van der Waals surface area (Å²) >= 11 is 0. The molecule has 1 aromatic carbocycles. The number of amides is 1. The van der Waals surface area contributed by atoms with E-state index in [1.54, 1.807) is 0 Å². The van der Waals surface area contributed by atoms with Gasteiger partial charge in [-0.25, -0.2) is 0 Å². The molecule has 1 saturated heterocycles. The molecule has 0 atom stereocenters. The van der Waals surface area contributed by atoms with E-state index in [9.17, 15) is 4.79 Å². The molecule has 0 aliphatic carbocycles. The second-order valence-electron chi connectivity index (χ2n) is 4.44. The maximum absolute atomic E-state index is 11.8. The van der Waals surface area contributed by atoms with Gasteiger partial charge in [-0.05, 0) is 25.5 Å². The molecule has 98 valence electrons. The van der Waals surface area contributed by atoms with Gasteiger partial charge in [0.2, 0.25) is 0 Å². The molecule has 0 spiro atoms. The minimum absolute atomic E-state index is 0.0468. The molecule has 0 unspecified atom stereocenters. The van der Waals surface area contributed by atoms with E-state index in [2.05, 4.69) is 5.32 Å². The Morgan fingerprint density at radius 2 is 2.17 bits per heavy atom. The van der Waals surface area contributed by atoms with Crippen LogP contribution < -0.4 is 5.32 Å². The third kappa shape index (κ3) is 3.82. The van der Waals surface area contributed by atoms with E-state index >= 15 is 0 Å². The van der Waals surface area contributed by atoms with Crippen LogP contribution >= 0.6 is 0 Å². The number of rotatable bonds is 4. The van der Waals surface area contributed by atoms with E-state index in [0.717, 1.165) is 25.2 Å². The Balaban J connectivity index is 1.74. The number of benzene rings is 1. The van der Waals surface area contributed by atoms with Gasteiger partial charge in [-0.1, -0.05) is 17.7 Å². The fourth-order valence-electron chi connectivity index (χ4n) is 1.90. The van der Waals surface area contributed by atoms with E-state index in [-0.39, 0.29) is 12.2 Å². The number of carbonyl (C=O) groups is 1. The monoisotopic (exact) mass is 249 g/mol. The molecule has 1 fully saturated rings. The van der Waals surface area contributed by atoms with E-state index < -0.39 is 0 Å². The minimum Gasteiger partial charge on any atom is -0.353 e. The maximum atomic E-state index is 11.8. The van der Waals surface area contributed by atoms with Crippen LogP contribution in [0.15, 0.2) is 24.3 Å². The fraction of sp³-hybridized carbons (Fsp3) is 0.500. The van der Waals surface area contributed by atoms with Gasteiger partial charge in [0.25, 0.3) is 5.91 Å². The van der Waals surface area contributed by atoms with Crippen LogP contribution in [0.25, 0.3) is 0 Å². The van der Waals surface area contributed by atoms with Crippen molar-refractivity contribution in [2.24, 2.45) is 0 Å². The van der Waals surface area contributed by atoms with Gasteiger partial charge in [0.1, 0.15) is 0 Å². The van der Waals surface area contributed by atoms with Gasteiger partial charge < -0.3 is 14.8 Å². The number of hydrogen-bond donors (Lipinski definition) is 1. The van der Waals surface area contributed by atoms with E-state index in [1.165, 1.54) is 0 Å². The summed E-state index contributed by atoms with van der Waals surface area (Å²) in [5.74, 6) is -0.0468. The smallest absolute Gasteiger partial charge is 0.251 e. The van der Waals surface area contributed by atoms with Crippen molar-refractivity contribution in [1.82, 2.24) is 5.32 Å². The molecule has 1 aliphatic heterocycles. The Morgan fingerprint density at radius 1 is 1.39 bits per heavy atom. The Labute approximate surface area is 107 Å². The van der Waals surface area contributed by atoms with Gasteiger partial charge >= 0.3 is 0 Å². The minimum atomic E-state index is -0.170.